The van der Waals surface area contributed by atoms with Crippen LogP contribution >= 0.6 is 0 Å². The number of hydrogen-bond donors (Lipinski definition) is 1. The van der Waals surface area contributed by atoms with Crippen molar-refractivity contribution < 1.29 is 14.3 Å². The van der Waals surface area contributed by atoms with Gasteiger partial charge < -0.3 is 15.0 Å². The van der Waals surface area contributed by atoms with E-state index in [1.165, 1.54) is 7.11 Å². The summed E-state index contributed by atoms with van der Waals surface area (Å²) in [5, 5.41) is 2.62. The summed E-state index contributed by atoms with van der Waals surface area (Å²) in [5.74, 6) is 0.0955. The second-order valence-electron chi connectivity index (χ2n) is 4.55. The number of benzene rings is 1. The van der Waals surface area contributed by atoms with E-state index >= 15 is 0 Å². The minimum atomic E-state index is -0.306. The number of carbonyl (C=O) groups excluding carboxylic acids is 2. The molecule has 20 heavy (non-hydrogen) atoms. The van der Waals surface area contributed by atoms with Crippen LogP contribution < -0.4 is 10.1 Å². The molecule has 5 nitrogen and oxygen atoms in total. The molecule has 110 valence electrons. The Hall–Kier alpha value is -2.04. The Morgan fingerprint density at radius 3 is 2.65 bits per heavy atom. The molecule has 0 saturated heterocycles. The maximum absolute atomic E-state index is 12.0. The first-order chi connectivity index (χ1) is 9.60. The number of rotatable bonds is 7. The average molecular weight is 278 g/mol. The van der Waals surface area contributed by atoms with Gasteiger partial charge in [-0.1, -0.05) is 25.5 Å². The fourth-order valence-electron chi connectivity index (χ4n) is 1.74. The van der Waals surface area contributed by atoms with Gasteiger partial charge in [0, 0.05) is 13.6 Å². The lowest BCUT2D eigenvalue weighted by molar-refractivity contribution is -0.128. The van der Waals surface area contributed by atoms with Crippen LogP contribution in [0.2, 0.25) is 0 Å². The van der Waals surface area contributed by atoms with Gasteiger partial charge in [-0.3, -0.25) is 9.59 Å². The van der Waals surface area contributed by atoms with Crippen LogP contribution in [0.5, 0.6) is 5.75 Å². The molecule has 0 atom stereocenters. The topological polar surface area (TPSA) is 58.6 Å². The molecule has 0 saturated carbocycles. The van der Waals surface area contributed by atoms with Crippen molar-refractivity contribution in [2.45, 2.75) is 19.8 Å². The van der Waals surface area contributed by atoms with Crippen LogP contribution in [0.3, 0.4) is 0 Å². The highest BCUT2D eigenvalue weighted by Crippen LogP contribution is 2.16. The van der Waals surface area contributed by atoms with Crippen molar-refractivity contribution in [1.29, 1.82) is 0 Å². The minimum absolute atomic E-state index is 0.00288. The minimum Gasteiger partial charge on any atom is -0.496 e. The summed E-state index contributed by atoms with van der Waals surface area (Å²) in [4.78, 5) is 25.5. The van der Waals surface area contributed by atoms with Crippen molar-refractivity contribution in [3.05, 3.63) is 29.8 Å². The second kappa shape index (κ2) is 8.19. The Kier molecular flexibility index (Phi) is 6.56. The number of ether oxygens (including phenoxy) is 1. The zero-order chi connectivity index (χ0) is 15.0. The summed E-state index contributed by atoms with van der Waals surface area (Å²) in [7, 11) is 3.25. The molecular formula is C15H22N2O3. The summed E-state index contributed by atoms with van der Waals surface area (Å²) in [6, 6.07) is 6.93. The summed E-state index contributed by atoms with van der Waals surface area (Å²) in [5.41, 5.74) is 0.430. The number of hydrogen-bond acceptors (Lipinski definition) is 3. The number of para-hydroxylation sites is 1. The normalized spacial score (nSPS) is 9.95. The van der Waals surface area contributed by atoms with Gasteiger partial charge in [-0.2, -0.15) is 0 Å². The lowest BCUT2D eigenvalue weighted by atomic mass is 10.2. The number of methoxy groups -OCH3 is 1. The molecule has 0 aromatic heterocycles. The van der Waals surface area contributed by atoms with Crippen LogP contribution in [-0.4, -0.2) is 44.0 Å². The monoisotopic (exact) mass is 278 g/mol. The Bertz CT molecular complexity index is 460. The van der Waals surface area contributed by atoms with E-state index in [4.69, 9.17) is 4.74 Å². The number of likely N-dealkylation sites (N-methyl/N-ethyl adjacent to an activating group) is 1. The highest BCUT2D eigenvalue weighted by Gasteiger charge is 2.14. The third-order valence-electron chi connectivity index (χ3n) is 3.02. The Balaban J connectivity index is 2.53. The molecule has 0 aliphatic carbocycles. The van der Waals surface area contributed by atoms with E-state index in [0.717, 1.165) is 12.8 Å². The van der Waals surface area contributed by atoms with Gasteiger partial charge in [0.15, 0.2) is 0 Å². The third kappa shape index (κ3) is 4.57. The van der Waals surface area contributed by atoms with E-state index < -0.39 is 0 Å². The van der Waals surface area contributed by atoms with Crippen molar-refractivity contribution in [2.75, 3.05) is 27.2 Å². The zero-order valence-corrected chi connectivity index (χ0v) is 12.3. The van der Waals surface area contributed by atoms with Crippen molar-refractivity contribution >= 4 is 11.8 Å². The fraction of sp³-hybridized carbons (Fsp3) is 0.467. The van der Waals surface area contributed by atoms with Crippen molar-refractivity contribution in [1.82, 2.24) is 10.2 Å². The molecule has 1 N–H and O–H groups in total. The Morgan fingerprint density at radius 2 is 2.00 bits per heavy atom. The molecule has 1 aromatic carbocycles. The summed E-state index contributed by atoms with van der Waals surface area (Å²) >= 11 is 0. The Morgan fingerprint density at radius 1 is 1.30 bits per heavy atom. The molecule has 1 aromatic rings. The van der Waals surface area contributed by atoms with Crippen molar-refractivity contribution in [2.24, 2.45) is 0 Å². The summed E-state index contributed by atoms with van der Waals surface area (Å²) in [6.45, 7) is 2.78. The Labute approximate surface area is 119 Å². The van der Waals surface area contributed by atoms with Crippen molar-refractivity contribution in [3.63, 3.8) is 0 Å². The molecule has 0 heterocycles. The van der Waals surface area contributed by atoms with Crippen LogP contribution in [-0.2, 0) is 4.79 Å². The maximum Gasteiger partial charge on any atom is 0.255 e. The smallest absolute Gasteiger partial charge is 0.255 e. The number of unbranched alkanes of at least 4 members (excludes halogenated alkanes) is 1. The van der Waals surface area contributed by atoms with Gasteiger partial charge in [0.1, 0.15) is 5.75 Å². The van der Waals surface area contributed by atoms with Gasteiger partial charge in [0.05, 0.1) is 19.2 Å². The quantitative estimate of drug-likeness (QED) is 0.825. The van der Waals surface area contributed by atoms with E-state index in [1.54, 1.807) is 36.2 Å². The molecule has 1 rings (SSSR count). The van der Waals surface area contributed by atoms with Gasteiger partial charge in [-0.05, 0) is 18.6 Å². The SMILES string of the molecule is CCCCN(C)C(=O)CNC(=O)c1ccccc1OC. The second-order valence-corrected chi connectivity index (χ2v) is 4.55. The molecule has 0 bridgehead atoms. The largest absolute Gasteiger partial charge is 0.496 e. The third-order valence-corrected chi connectivity index (χ3v) is 3.02. The molecule has 0 unspecified atom stereocenters. The van der Waals surface area contributed by atoms with Crippen LogP contribution in [0, 0.1) is 0 Å². The van der Waals surface area contributed by atoms with E-state index in [9.17, 15) is 9.59 Å². The van der Waals surface area contributed by atoms with E-state index in [1.807, 2.05) is 0 Å². The predicted octanol–water partition coefficient (Wildman–Crippen LogP) is 1.68. The number of amides is 2. The lowest BCUT2D eigenvalue weighted by Crippen LogP contribution is -2.38. The number of carbonyl (C=O) groups is 2. The van der Waals surface area contributed by atoms with E-state index in [2.05, 4.69) is 12.2 Å². The van der Waals surface area contributed by atoms with Gasteiger partial charge in [-0.15, -0.1) is 0 Å². The van der Waals surface area contributed by atoms with Crippen LogP contribution in [0.25, 0.3) is 0 Å². The molecule has 0 spiro atoms. The van der Waals surface area contributed by atoms with Gasteiger partial charge in [0.2, 0.25) is 5.91 Å². The molecular weight excluding hydrogens is 256 g/mol. The first-order valence-electron chi connectivity index (χ1n) is 6.75. The standard InChI is InChI=1S/C15H22N2O3/c1-4-5-10-17(2)14(18)11-16-15(19)12-8-6-7-9-13(12)20-3/h6-9H,4-5,10-11H2,1-3H3,(H,16,19). The highest BCUT2D eigenvalue weighted by atomic mass is 16.5. The first kappa shape index (κ1) is 16.0. The van der Waals surface area contributed by atoms with Gasteiger partial charge in [-0.25, -0.2) is 0 Å². The molecule has 0 aliphatic heterocycles. The molecule has 0 radical (unpaired) electrons. The molecule has 0 fully saturated rings. The van der Waals surface area contributed by atoms with Gasteiger partial charge in [0.25, 0.3) is 5.91 Å². The van der Waals surface area contributed by atoms with Crippen LogP contribution in [0.15, 0.2) is 24.3 Å². The average Bonchev–Trinajstić information content (AvgIpc) is 2.49. The summed E-state index contributed by atoms with van der Waals surface area (Å²) < 4.78 is 5.12. The number of nitrogens with one attached hydrogen (secondary N) is 1. The molecule has 5 heteroatoms. The van der Waals surface area contributed by atoms with Crippen LogP contribution in [0.1, 0.15) is 30.1 Å². The van der Waals surface area contributed by atoms with Crippen molar-refractivity contribution in [3.8, 4) is 5.75 Å². The predicted molar refractivity (Wildman–Crippen MR) is 77.9 cm³/mol. The van der Waals surface area contributed by atoms with Crippen LogP contribution in [0.4, 0.5) is 0 Å². The van der Waals surface area contributed by atoms with E-state index in [0.29, 0.717) is 17.9 Å². The highest BCUT2D eigenvalue weighted by molar-refractivity contribution is 5.98. The maximum atomic E-state index is 12.0. The van der Waals surface area contributed by atoms with E-state index in [-0.39, 0.29) is 18.4 Å². The molecule has 2 amide bonds. The first-order valence-corrected chi connectivity index (χ1v) is 6.75. The molecule has 0 aliphatic rings. The number of nitrogens with zero attached hydrogens (tertiary/aromatic N) is 1. The zero-order valence-electron chi connectivity index (χ0n) is 12.3. The lowest BCUT2D eigenvalue weighted by Gasteiger charge is -2.17. The fourth-order valence-corrected chi connectivity index (χ4v) is 1.74. The van der Waals surface area contributed by atoms with Gasteiger partial charge >= 0.3 is 0 Å². The summed E-state index contributed by atoms with van der Waals surface area (Å²) in [6.07, 6.45) is 1.99.